The summed E-state index contributed by atoms with van der Waals surface area (Å²) in [5.41, 5.74) is 0. The Labute approximate surface area is 355 Å². The van der Waals surface area contributed by atoms with Crippen molar-refractivity contribution in [3.63, 3.8) is 0 Å². The summed E-state index contributed by atoms with van der Waals surface area (Å²) in [5.74, 6) is 0.790. The van der Waals surface area contributed by atoms with E-state index in [2.05, 4.69) is 34.6 Å². The maximum atomic E-state index is 12.8. The van der Waals surface area contributed by atoms with E-state index in [4.69, 9.17) is 14.2 Å². The molecule has 0 spiro atoms. The lowest BCUT2D eigenvalue weighted by molar-refractivity contribution is -0.167. The summed E-state index contributed by atoms with van der Waals surface area (Å²) >= 11 is 0. The monoisotopic (exact) mass is 807 g/mol. The molecule has 0 amide bonds. The Morgan fingerprint density at radius 1 is 0.333 bits per heavy atom. The van der Waals surface area contributed by atoms with E-state index in [0.29, 0.717) is 19.3 Å². The molecule has 1 atom stereocenters. The van der Waals surface area contributed by atoms with Crippen molar-refractivity contribution in [3.8, 4) is 0 Å². The Bertz CT molecular complexity index is 870. The van der Waals surface area contributed by atoms with Gasteiger partial charge in [-0.3, -0.25) is 14.4 Å². The van der Waals surface area contributed by atoms with Gasteiger partial charge in [-0.15, -0.1) is 0 Å². The average Bonchev–Trinajstić information content (AvgIpc) is 3.18. The minimum atomic E-state index is -0.761. The predicted octanol–water partition coefficient (Wildman–Crippen LogP) is 16.1. The molecule has 6 nitrogen and oxygen atoms in total. The lowest BCUT2D eigenvalue weighted by Crippen LogP contribution is -2.30. The standard InChI is InChI=1S/C51H98O6/c1-6-7-8-9-10-11-12-16-21-26-31-36-41-49(52)55-44-48(45-56-50(53)42-37-32-27-23-18-20-25-30-35-40-47(4)5)57-51(54)43-38-33-28-22-17-14-13-15-19-24-29-34-39-46(2)3/h46-48H,6-45H2,1-5H3/t48-/m0/s1. The van der Waals surface area contributed by atoms with Gasteiger partial charge in [-0.2, -0.15) is 0 Å². The second-order valence-corrected chi connectivity index (χ2v) is 18.4. The number of hydrogen-bond donors (Lipinski definition) is 0. The number of ether oxygens (including phenoxy) is 3. The van der Waals surface area contributed by atoms with E-state index in [9.17, 15) is 14.4 Å². The van der Waals surface area contributed by atoms with Gasteiger partial charge in [0, 0.05) is 19.3 Å². The van der Waals surface area contributed by atoms with Crippen molar-refractivity contribution < 1.29 is 28.6 Å². The predicted molar refractivity (Wildman–Crippen MR) is 243 cm³/mol. The fourth-order valence-electron chi connectivity index (χ4n) is 7.64. The zero-order valence-corrected chi connectivity index (χ0v) is 39.0. The summed E-state index contributed by atoms with van der Waals surface area (Å²) in [6.45, 7) is 11.3. The largest absolute Gasteiger partial charge is 0.462 e. The molecule has 0 aliphatic carbocycles. The van der Waals surface area contributed by atoms with Crippen LogP contribution in [0, 0.1) is 11.8 Å². The summed E-state index contributed by atoms with van der Waals surface area (Å²) in [6.07, 6.45) is 43.7. The van der Waals surface area contributed by atoms with Crippen molar-refractivity contribution in [2.24, 2.45) is 11.8 Å². The molecule has 0 aromatic carbocycles. The molecule has 6 heteroatoms. The van der Waals surface area contributed by atoms with Gasteiger partial charge >= 0.3 is 17.9 Å². The molecule has 0 heterocycles. The molecule has 0 radical (unpaired) electrons. The number of esters is 3. The quantitative estimate of drug-likeness (QED) is 0.0346. The van der Waals surface area contributed by atoms with Gasteiger partial charge in [-0.25, -0.2) is 0 Å². The second-order valence-electron chi connectivity index (χ2n) is 18.4. The minimum Gasteiger partial charge on any atom is -0.462 e. The van der Waals surface area contributed by atoms with E-state index in [1.54, 1.807) is 0 Å². The molecule has 0 rings (SSSR count). The summed E-state index contributed by atoms with van der Waals surface area (Å²) in [7, 11) is 0. The zero-order chi connectivity index (χ0) is 41.9. The van der Waals surface area contributed by atoms with Crippen LogP contribution in [0.3, 0.4) is 0 Å². The van der Waals surface area contributed by atoms with Gasteiger partial charge in [-0.1, -0.05) is 240 Å². The van der Waals surface area contributed by atoms with Crippen molar-refractivity contribution in [2.45, 2.75) is 285 Å². The van der Waals surface area contributed by atoms with Crippen molar-refractivity contribution in [3.05, 3.63) is 0 Å². The van der Waals surface area contributed by atoms with E-state index in [0.717, 1.165) is 69.6 Å². The molecule has 57 heavy (non-hydrogen) atoms. The van der Waals surface area contributed by atoms with E-state index >= 15 is 0 Å². The van der Waals surface area contributed by atoms with Crippen LogP contribution >= 0.6 is 0 Å². The summed E-state index contributed by atoms with van der Waals surface area (Å²) in [5, 5.41) is 0. The fourth-order valence-corrected chi connectivity index (χ4v) is 7.64. The lowest BCUT2D eigenvalue weighted by Gasteiger charge is -2.18. The lowest BCUT2D eigenvalue weighted by atomic mass is 10.0. The molecule has 0 N–H and O–H groups in total. The first-order valence-electron chi connectivity index (χ1n) is 25.2. The molecule has 0 aliphatic heterocycles. The van der Waals surface area contributed by atoms with Crippen LogP contribution in [0.2, 0.25) is 0 Å². The maximum absolute atomic E-state index is 12.8. The van der Waals surface area contributed by atoms with Crippen molar-refractivity contribution >= 4 is 17.9 Å². The molecular formula is C51H98O6. The van der Waals surface area contributed by atoms with Crippen LogP contribution in [0.4, 0.5) is 0 Å². The minimum absolute atomic E-state index is 0.0640. The number of unbranched alkanes of at least 4 members (excludes halogenated alkanes) is 30. The first-order chi connectivity index (χ1) is 27.7. The second kappa shape index (κ2) is 44.0. The Morgan fingerprint density at radius 2 is 0.579 bits per heavy atom. The molecule has 0 bridgehead atoms. The highest BCUT2D eigenvalue weighted by Crippen LogP contribution is 2.17. The maximum Gasteiger partial charge on any atom is 0.306 e. The molecule has 0 aromatic heterocycles. The summed E-state index contributed by atoms with van der Waals surface area (Å²) in [6, 6.07) is 0. The Morgan fingerprint density at radius 3 is 0.860 bits per heavy atom. The van der Waals surface area contributed by atoms with Crippen LogP contribution in [0.15, 0.2) is 0 Å². The van der Waals surface area contributed by atoms with Gasteiger partial charge in [0.15, 0.2) is 6.10 Å². The normalized spacial score (nSPS) is 12.1. The molecule has 0 aliphatic rings. The molecule has 0 saturated heterocycles. The first kappa shape index (κ1) is 55.4. The van der Waals surface area contributed by atoms with Crippen molar-refractivity contribution in [2.75, 3.05) is 13.2 Å². The average molecular weight is 807 g/mol. The van der Waals surface area contributed by atoms with Crippen LogP contribution in [0.25, 0.3) is 0 Å². The summed E-state index contributed by atoms with van der Waals surface area (Å²) < 4.78 is 16.8. The molecule has 338 valence electrons. The van der Waals surface area contributed by atoms with Crippen molar-refractivity contribution in [1.82, 2.24) is 0 Å². The van der Waals surface area contributed by atoms with E-state index < -0.39 is 6.10 Å². The molecule has 0 aromatic rings. The van der Waals surface area contributed by atoms with Crippen LogP contribution in [-0.2, 0) is 28.6 Å². The number of hydrogen-bond acceptors (Lipinski definition) is 6. The Hall–Kier alpha value is -1.59. The van der Waals surface area contributed by atoms with E-state index in [1.807, 2.05) is 0 Å². The SMILES string of the molecule is CCCCCCCCCCCCCCC(=O)OC[C@@H](COC(=O)CCCCCCCCCCCC(C)C)OC(=O)CCCCCCCCCCCCCCC(C)C. The topological polar surface area (TPSA) is 78.9 Å². The number of carbonyl (C=O) groups is 3. The van der Waals surface area contributed by atoms with Gasteiger partial charge in [-0.05, 0) is 31.1 Å². The number of carbonyl (C=O) groups excluding carboxylic acids is 3. The van der Waals surface area contributed by atoms with Gasteiger partial charge < -0.3 is 14.2 Å². The summed E-state index contributed by atoms with van der Waals surface area (Å²) in [4.78, 5) is 37.9. The van der Waals surface area contributed by atoms with Crippen LogP contribution in [0.5, 0.6) is 0 Å². The zero-order valence-electron chi connectivity index (χ0n) is 39.0. The third kappa shape index (κ3) is 45.3. The van der Waals surface area contributed by atoms with Gasteiger partial charge in [0.2, 0.25) is 0 Å². The van der Waals surface area contributed by atoms with Crippen LogP contribution < -0.4 is 0 Å². The highest BCUT2D eigenvalue weighted by atomic mass is 16.6. The first-order valence-corrected chi connectivity index (χ1v) is 25.2. The highest BCUT2D eigenvalue weighted by Gasteiger charge is 2.19. The molecule has 0 unspecified atom stereocenters. The smallest absolute Gasteiger partial charge is 0.306 e. The third-order valence-electron chi connectivity index (χ3n) is 11.5. The van der Waals surface area contributed by atoms with Crippen LogP contribution in [-0.4, -0.2) is 37.2 Å². The Balaban J connectivity index is 4.32. The van der Waals surface area contributed by atoms with Crippen molar-refractivity contribution in [1.29, 1.82) is 0 Å². The van der Waals surface area contributed by atoms with Gasteiger partial charge in [0.1, 0.15) is 13.2 Å². The van der Waals surface area contributed by atoms with Crippen LogP contribution in [0.1, 0.15) is 279 Å². The molecule has 0 saturated carbocycles. The van der Waals surface area contributed by atoms with E-state index in [1.165, 1.54) is 167 Å². The Kier molecular flexibility index (Phi) is 42.7. The number of rotatable bonds is 45. The highest BCUT2D eigenvalue weighted by molar-refractivity contribution is 5.71. The van der Waals surface area contributed by atoms with Gasteiger partial charge in [0.25, 0.3) is 0 Å². The molecule has 0 fully saturated rings. The molecular weight excluding hydrogens is 709 g/mol. The fraction of sp³-hybridized carbons (Fsp3) is 0.941. The van der Waals surface area contributed by atoms with E-state index in [-0.39, 0.29) is 31.1 Å². The third-order valence-corrected chi connectivity index (χ3v) is 11.5. The van der Waals surface area contributed by atoms with Gasteiger partial charge in [0.05, 0.1) is 0 Å².